The van der Waals surface area contributed by atoms with Crippen LogP contribution in [0.15, 0.2) is 66.0 Å². The maximum absolute atomic E-state index is 12.9. The van der Waals surface area contributed by atoms with Crippen LogP contribution in [0, 0.1) is 6.92 Å². The monoisotopic (exact) mass is 394 g/mol. The number of anilines is 1. The van der Waals surface area contributed by atoms with Gasteiger partial charge >= 0.3 is 0 Å². The Kier molecular flexibility index (Phi) is 6.45. The highest BCUT2D eigenvalue weighted by atomic mass is 32.1. The van der Waals surface area contributed by atoms with E-state index in [0.717, 1.165) is 11.3 Å². The molecule has 6 heteroatoms. The van der Waals surface area contributed by atoms with E-state index in [-0.39, 0.29) is 11.8 Å². The lowest BCUT2D eigenvalue weighted by molar-refractivity contribution is 0.0774. The van der Waals surface area contributed by atoms with Gasteiger partial charge in [0, 0.05) is 7.05 Å². The van der Waals surface area contributed by atoms with Gasteiger partial charge in [0.05, 0.1) is 22.7 Å². The van der Waals surface area contributed by atoms with Gasteiger partial charge in [-0.2, -0.15) is 0 Å². The van der Waals surface area contributed by atoms with E-state index in [1.54, 1.807) is 42.3 Å². The molecular weight excluding hydrogens is 372 g/mol. The topological polar surface area (TPSA) is 58.6 Å². The number of amides is 2. The van der Waals surface area contributed by atoms with Gasteiger partial charge in [0.25, 0.3) is 11.8 Å². The summed E-state index contributed by atoms with van der Waals surface area (Å²) in [5, 5.41) is 4.67. The number of hydrogen-bond donors (Lipinski definition) is 1. The number of carbonyl (C=O) groups is 2. The van der Waals surface area contributed by atoms with E-state index in [1.165, 1.54) is 11.3 Å². The average molecular weight is 394 g/mol. The van der Waals surface area contributed by atoms with E-state index in [1.807, 2.05) is 42.6 Å². The molecule has 0 unspecified atom stereocenters. The second kappa shape index (κ2) is 9.19. The lowest BCUT2D eigenvalue weighted by Crippen LogP contribution is -2.31. The third kappa shape index (κ3) is 4.78. The number of ether oxygens (including phenoxy) is 1. The Morgan fingerprint density at radius 3 is 2.54 bits per heavy atom. The van der Waals surface area contributed by atoms with E-state index < -0.39 is 0 Å². The highest BCUT2D eigenvalue weighted by molar-refractivity contribution is 7.12. The van der Waals surface area contributed by atoms with Crippen molar-refractivity contribution in [2.24, 2.45) is 0 Å². The molecule has 144 valence electrons. The van der Waals surface area contributed by atoms with Crippen LogP contribution in [-0.2, 0) is 0 Å². The number of carbonyl (C=O) groups excluding carboxylic acids is 2. The van der Waals surface area contributed by atoms with Crippen molar-refractivity contribution in [3.05, 3.63) is 82.0 Å². The van der Waals surface area contributed by atoms with Crippen molar-refractivity contribution >= 4 is 28.8 Å². The molecule has 1 heterocycles. The van der Waals surface area contributed by atoms with Crippen molar-refractivity contribution in [3.63, 3.8) is 0 Å². The zero-order valence-corrected chi connectivity index (χ0v) is 16.7. The van der Waals surface area contributed by atoms with Gasteiger partial charge in [-0.05, 0) is 42.1 Å². The largest absolute Gasteiger partial charge is 0.491 e. The minimum Gasteiger partial charge on any atom is -0.491 e. The first-order chi connectivity index (χ1) is 13.6. The average Bonchev–Trinajstić information content (AvgIpc) is 3.24. The lowest BCUT2D eigenvalue weighted by Gasteiger charge is -2.20. The molecule has 0 saturated carbocycles. The minimum absolute atomic E-state index is 0.171. The van der Waals surface area contributed by atoms with Crippen LogP contribution in [0.4, 0.5) is 5.69 Å². The fourth-order valence-electron chi connectivity index (χ4n) is 2.69. The standard InChI is InChI=1S/C22H22N2O3S/c1-16-8-3-6-11-19(16)27-14-13-24(2)22(26)17-9-4-5-10-18(17)23-21(25)20-12-7-15-28-20/h3-12,15H,13-14H2,1-2H3,(H,23,25). The molecule has 1 aromatic heterocycles. The zero-order valence-electron chi connectivity index (χ0n) is 15.8. The molecule has 28 heavy (non-hydrogen) atoms. The zero-order chi connectivity index (χ0) is 19.9. The maximum Gasteiger partial charge on any atom is 0.265 e. The van der Waals surface area contributed by atoms with E-state index in [9.17, 15) is 9.59 Å². The summed E-state index contributed by atoms with van der Waals surface area (Å²) in [6, 6.07) is 18.4. The maximum atomic E-state index is 12.9. The van der Waals surface area contributed by atoms with Crippen LogP contribution in [0.1, 0.15) is 25.6 Å². The summed E-state index contributed by atoms with van der Waals surface area (Å²) in [7, 11) is 1.72. The number of nitrogens with zero attached hydrogens (tertiary/aromatic N) is 1. The summed E-state index contributed by atoms with van der Waals surface area (Å²) in [6.45, 7) is 2.80. The summed E-state index contributed by atoms with van der Waals surface area (Å²) >= 11 is 1.36. The van der Waals surface area contributed by atoms with Crippen LogP contribution in [0.5, 0.6) is 5.75 Å². The molecular formula is C22H22N2O3S. The summed E-state index contributed by atoms with van der Waals surface area (Å²) in [6.07, 6.45) is 0. The molecule has 0 aliphatic rings. The molecule has 0 fully saturated rings. The van der Waals surface area contributed by atoms with Crippen LogP contribution in [-0.4, -0.2) is 36.9 Å². The van der Waals surface area contributed by atoms with Crippen LogP contribution in [0.2, 0.25) is 0 Å². The minimum atomic E-state index is -0.221. The van der Waals surface area contributed by atoms with Gasteiger partial charge in [-0.1, -0.05) is 36.4 Å². The predicted octanol–water partition coefficient (Wildman–Crippen LogP) is 4.46. The summed E-state index contributed by atoms with van der Waals surface area (Å²) in [4.78, 5) is 27.4. The van der Waals surface area contributed by atoms with Gasteiger partial charge in [-0.15, -0.1) is 11.3 Å². The van der Waals surface area contributed by atoms with Gasteiger partial charge in [0.15, 0.2) is 0 Å². The Hall–Kier alpha value is -3.12. The van der Waals surface area contributed by atoms with Crippen LogP contribution < -0.4 is 10.1 Å². The first-order valence-corrected chi connectivity index (χ1v) is 9.82. The second-order valence-electron chi connectivity index (χ2n) is 6.32. The summed E-state index contributed by atoms with van der Waals surface area (Å²) < 4.78 is 5.77. The molecule has 0 aliphatic carbocycles. The second-order valence-corrected chi connectivity index (χ2v) is 7.27. The van der Waals surface area contributed by atoms with Crippen molar-refractivity contribution < 1.29 is 14.3 Å². The third-order valence-electron chi connectivity index (χ3n) is 4.28. The van der Waals surface area contributed by atoms with Gasteiger partial charge in [0.2, 0.25) is 0 Å². The Balaban J connectivity index is 1.63. The first kappa shape index (κ1) is 19.6. The van der Waals surface area contributed by atoms with E-state index in [2.05, 4.69) is 5.32 Å². The van der Waals surface area contributed by atoms with Gasteiger partial charge in [-0.25, -0.2) is 0 Å². The lowest BCUT2D eigenvalue weighted by atomic mass is 10.1. The van der Waals surface area contributed by atoms with Gasteiger partial charge in [0.1, 0.15) is 12.4 Å². The SMILES string of the molecule is Cc1ccccc1OCCN(C)C(=O)c1ccccc1NC(=O)c1cccs1. The molecule has 3 rings (SSSR count). The van der Waals surface area contributed by atoms with Crippen molar-refractivity contribution in [2.45, 2.75) is 6.92 Å². The number of thiophene rings is 1. The molecule has 0 aliphatic heterocycles. The molecule has 1 N–H and O–H groups in total. The van der Waals surface area contributed by atoms with Crippen LogP contribution in [0.25, 0.3) is 0 Å². The summed E-state index contributed by atoms with van der Waals surface area (Å²) in [5.41, 5.74) is 2.00. The molecule has 0 spiro atoms. The highest BCUT2D eigenvalue weighted by Gasteiger charge is 2.17. The third-order valence-corrected chi connectivity index (χ3v) is 5.14. The summed E-state index contributed by atoms with van der Waals surface area (Å²) in [5.74, 6) is 0.420. The molecule has 0 saturated heterocycles. The molecule has 2 aromatic carbocycles. The van der Waals surface area contributed by atoms with E-state index >= 15 is 0 Å². The number of benzene rings is 2. The highest BCUT2D eigenvalue weighted by Crippen LogP contribution is 2.20. The molecule has 3 aromatic rings. The number of hydrogen-bond acceptors (Lipinski definition) is 4. The van der Waals surface area contributed by atoms with Gasteiger partial charge in [-0.3, -0.25) is 9.59 Å². The van der Waals surface area contributed by atoms with Crippen LogP contribution >= 0.6 is 11.3 Å². The molecule has 0 bridgehead atoms. The van der Waals surface area contributed by atoms with Crippen LogP contribution in [0.3, 0.4) is 0 Å². The molecule has 0 atom stereocenters. The quantitative estimate of drug-likeness (QED) is 0.644. The van der Waals surface area contributed by atoms with Gasteiger partial charge < -0.3 is 15.0 Å². The van der Waals surface area contributed by atoms with Crippen molar-refractivity contribution in [1.82, 2.24) is 4.90 Å². The number of para-hydroxylation sites is 2. The number of aryl methyl sites for hydroxylation is 1. The fraction of sp³-hybridized carbons (Fsp3) is 0.182. The Morgan fingerprint density at radius 1 is 1.04 bits per heavy atom. The smallest absolute Gasteiger partial charge is 0.265 e. The van der Waals surface area contributed by atoms with Crippen molar-refractivity contribution in [3.8, 4) is 5.75 Å². The Labute approximate surface area is 168 Å². The van der Waals surface area contributed by atoms with Crippen molar-refractivity contribution in [1.29, 1.82) is 0 Å². The fourth-order valence-corrected chi connectivity index (χ4v) is 3.31. The molecule has 2 amide bonds. The number of rotatable bonds is 7. The molecule has 0 radical (unpaired) electrons. The number of nitrogens with one attached hydrogen (secondary N) is 1. The Morgan fingerprint density at radius 2 is 1.79 bits per heavy atom. The van der Waals surface area contributed by atoms with E-state index in [4.69, 9.17) is 4.74 Å². The normalized spacial score (nSPS) is 10.4. The van der Waals surface area contributed by atoms with E-state index in [0.29, 0.717) is 29.3 Å². The van der Waals surface area contributed by atoms with Crippen molar-refractivity contribution in [2.75, 3.05) is 25.5 Å². The first-order valence-electron chi connectivity index (χ1n) is 8.94. The Bertz CT molecular complexity index is 954. The molecule has 5 nitrogen and oxygen atoms in total. The number of likely N-dealkylation sites (N-methyl/N-ethyl adjacent to an activating group) is 1. The predicted molar refractivity (Wildman–Crippen MR) is 112 cm³/mol.